The number of nitrogens with one attached hydrogen (secondary N) is 1. The van der Waals surface area contributed by atoms with Gasteiger partial charge in [-0.2, -0.15) is 0 Å². The number of carbonyl (C=O) groups is 2. The summed E-state index contributed by atoms with van der Waals surface area (Å²) in [5.41, 5.74) is 2.98. The zero-order chi connectivity index (χ0) is 15.3. The summed E-state index contributed by atoms with van der Waals surface area (Å²) >= 11 is 0. The van der Waals surface area contributed by atoms with Crippen molar-refractivity contribution in [3.63, 3.8) is 0 Å². The minimum atomic E-state index is -0.907. The third-order valence-corrected chi connectivity index (χ3v) is 3.36. The number of carboxylic acids is 1. The van der Waals surface area contributed by atoms with Gasteiger partial charge >= 0.3 is 12.0 Å². The van der Waals surface area contributed by atoms with Crippen LogP contribution in [0.25, 0.3) is 0 Å². The molecular formula is C15H22N2O3. The average molecular weight is 278 g/mol. The van der Waals surface area contributed by atoms with Gasteiger partial charge in [0.15, 0.2) is 0 Å². The number of benzene rings is 1. The molecule has 1 rings (SSSR count). The van der Waals surface area contributed by atoms with Crippen molar-refractivity contribution in [3.05, 3.63) is 29.3 Å². The molecule has 0 aliphatic carbocycles. The van der Waals surface area contributed by atoms with E-state index in [1.165, 1.54) is 4.90 Å². The Morgan fingerprint density at radius 3 is 2.45 bits per heavy atom. The molecule has 5 nitrogen and oxygen atoms in total. The van der Waals surface area contributed by atoms with Crippen LogP contribution in [0.15, 0.2) is 18.2 Å². The normalized spacial score (nSPS) is 11.8. The van der Waals surface area contributed by atoms with Crippen LogP contribution in [0.4, 0.5) is 10.5 Å². The van der Waals surface area contributed by atoms with Crippen LogP contribution in [0.1, 0.15) is 31.4 Å². The lowest BCUT2D eigenvalue weighted by atomic mass is 10.1. The molecular weight excluding hydrogens is 256 g/mol. The fourth-order valence-electron chi connectivity index (χ4n) is 2.03. The van der Waals surface area contributed by atoms with E-state index < -0.39 is 5.97 Å². The maximum Gasteiger partial charge on any atom is 0.322 e. The van der Waals surface area contributed by atoms with Gasteiger partial charge in [0, 0.05) is 18.3 Å². The number of nitrogens with zero attached hydrogens (tertiary/aromatic N) is 1. The molecule has 0 saturated carbocycles. The van der Waals surface area contributed by atoms with E-state index in [1.54, 1.807) is 6.92 Å². The second-order valence-electron chi connectivity index (χ2n) is 4.96. The molecule has 0 aromatic heterocycles. The van der Waals surface area contributed by atoms with E-state index in [9.17, 15) is 9.59 Å². The number of hydrogen-bond acceptors (Lipinski definition) is 2. The lowest BCUT2D eigenvalue weighted by Gasteiger charge is -2.27. The standard InChI is InChI=1S/C15H22N2O3/c1-5-17(12(4)9-14(18)19)15(20)16-13-7-6-10(2)11(3)8-13/h6-8,12H,5,9H2,1-4H3,(H,16,20)(H,18,19). The Morgan fingerprint density at radius 2 is 1.95 bits per heavy atom. The van der Waals surface area contributed by atoms with Gasteiger partial charge in [-0.1, -0.05) is 6.07 Å². The largest absolute Gasteiger partial charge is 0.481 e. The summed E-state index contributed by atoms with van der Waals surface area (Å²) in [6.45, 7) is 8.02. The highest BCUT2D eigenvalue weighted by Gasteiger charge is 2.20. The lowest BCUT2D eigenvalue weighted by molar-refractivity contribution is -0.137. The van der Waals surface area contributed by atoms with Gasteiger partial charge in [0.25, 0.3) is 0 Å². The molecule has 5 heteroatoms. The predicted octanol–water partition coefficient (Wildman–Crippen LogP) is 3.02. The second kappa shape index (κ2) is 6.93. The van der Waals surface area contributed by atoms with Gasteiger partial charge in [0.05, 0.1) is 6.42 Å². The number of urea groups is 1. The van der Waals surface area contributed by atoms with Gasteiger partial charge in [-0.3, -0.25) is 4.79 Å². The molecule has 0 heterocycles. The highest BCUT2D eigenvalue weighted by atomic mass is 16.4. The summed E-state index contributed by atoms with van der Waals surface area (Å²) in [5.74, 6) is -0.907. The van der Waals surface area contributed by atoms with E-state index in [-0.39, 0.29) is 18.5 Å². The summed E-state index contributed by atoms with van der Waals surface area (Å²) in [5, 5.41) is 11.6. The number of aryl methyl sites for hydroxylation is 2. The van der Waals surface area contributed by atoms with E-state index in [0.29, 0.717) is 6.54 Å². The van der Waals surface area contributed by atoms with Crippen LogP contribution in [-0.2, 0) is 4.79 Å². The van der Waals surface area contributed by atoms with Crippen LogP contribution in [0.5, 0.6) is 0 Å². The molecule has 0 bridgehead atoms. The molecule has 2 N–H and O–H groups in total. The Hall–Kier alpha value is -2.04. The van der Waals surface area contributed by atoms with Gasteiger partial charge in [-0.15, -0.1) is 0 Å². The molecule has 1 atom stereocenters. The van der Waals surface area contributed by atoms with Crippen molar-refractivity contribution in [1.82, 2.24) is 4.90 Å². The fraction of sp³-hybridized carbons (Fsp3) is 0.467. The zero-order valence-electron chi connectivity index (χ0n) is 12.4. The van der Waals surface area contributed by atoms with Crippen molar-refractivity contribution in [2.24, 2.45) is 0 Å². The SMILES string of the molecule is CCN(C(=O)Nc1ccc(C)c(C)c1)C(C)CC(=O)O. The second-order valence-corrected chi connectivity index (χ2v) is 4.96. The highest BCUT2D eigenvalue weighted by Crippen LogP contribution is 2.15. The Balaban J connectivity index is 2.76. The fourth-order valence-corrected chi connectivity index (χ4v) is 2.03. The summed E-state index contributed by atoms with van der Waals surface area (Å²) in [4.78, 5) is 24.4. The number of hydrogen-bond donors (Lipinski definition) is 2. The van der Waals surface area contributed by atoms with Crippen LogP contribution < -0.4 is 5.32 Å². The zero-order valence-corrected chi connectivity index (χ0v) is 12.4. The van der Waals surface area contributed by atoms with Crippen LogP contribution in [-0.4, -0.2) is 34.6 Å². The lowest BCUT2D eigenvalue weighted by Crippen LogP contribution is -2.42. The maximum atomic E-state index is 12.2. The van der Waals surface area contributed by atoms with Gasteiger partial charge in [0.1, 0.15) is 0 Å². The maximum absolute atomic E-state index is 12.2. The Kier molecular flexibility index (Phi) is 5.55. The van der Waals surface area contributed by atoms with Crippen molar-refractivity contribution in [3.8, 4) is 0 Å². The predicted molar refractivity (Wildman–Crippen MR) is 79.0 cm³/mol. The molecule has 0 aliphatic heterocycles. The molecule has 20 heavy (non-hydrogen) atoms. The van der Waals surface area contributed by atoms with Crippen LogP contribution >= 0.6 is 0 Å². The molecule has 1 aromatic carbocycles. The first-order valence-corrected chi connectivity index (χ1v) is 6.71. The first-order valence-electron chi connectivity index (χ1n) is 6.71. The third kappa shape index (κ3) is 4.26. The highest BCUT2D eigenvalue weighted by molar-refractivity contribution is 5.90. The number of carboxylic acid groups (broad SMARTS) is 1. The average Bonchev–Trinajstić information content (AvgIpc) is 2.33. The molecule has 0 radical (unpaired) electrons. The minimum absolute atomic E-state index is 0.0613. The molecule has 0 fully saturated rings. The summed E-state index contributed by atoms with van der Waals surface area (Å²) in [6.07, 6.45) is -0.0613. The van der Waals surface area contributed by atoms with E-state index in [0.717, 1.165) is 16.8 Å². The van der Waals surface area contributed by atoms with Crippen LogP contribution in [0.2, 0.25) is 0 Å². The molecule has 1 aromatic rings. The number of aliphatic carboxylic acids is 1. The summed E-state index contributed by atoms with van der Waals surface area (Å²) in [7, 11) is 0. The Morgan fingerprint density at radius 1 is 1.30 bits per heavy atom. The summed E-state index contributed by atoms with van der Waals surface area (Å²) < 4.78 is 0. The van der Waals surface area contributed by atoms with Crippen molar-refractivity contribution in [2.45, 2.75) is 40.2 Å². The van der Waals surface area contributed by atoms with Crippen LogP contribution in [0.3, 0.4) is 0 Å². The molecule has 0 saturated heterocycles. The molecule has 110 valence electrons. The van der Waals surface area contributed by atoms with Gasteiger partial charge < -0.3 is 15.3 Å². The van der Waals surface area contributed by atoms with Crippen molar-refractivity contribution < 1.29 is 14.7 Å². The number of rotatable bonds is 5. The number of anilines is 1. The minimum Gasteiger partial charge on any atom is -0.481 e. The summed E-state index contributed by atoms with van der Waals surface area (Å²) in [6, 6.07) is 5.08. The number of amides is 2. The molecule has 1 unspecified atom stereocenters. The van der Waals surface area contributed by atoms with E-state index >= 15 is 0 Å². The van der Waals surface area contributed by atoms with Gasteiger partial charge in [0.2, 0.25) is 0 Å². The van der Waals surface area contributed by atoms with E-state index in [1.807, 2.05) is 39.0 Å². The Labute approximate surface area is 119 Å². The van der Waals surface area contributed by atoms with Crippen LogP contribution in [0, 0.1) is 13.8 Å². The first-order chi connectivity index (χ1) is 9.35. The van der Waals surface area contributed by atoms with Crippen molar-refractivity contribution >= 4 is 17.7 Å². The molecule has 0 spiro atoms. The van der Waals surface area contributed by atoms with Crippen molar-refractivity contribution in [2.75, 3.05) is 11.9 Å². The molecule has 0 aliphatic rings. The third-order valence-electron chi connectivity index (χ3n) is 3.36. The smallest absolute Gasteiger partial charge is 0.322 e. The monoisotopic (exact) mass is 278 g/mol. The van der Waals surface area contributed by atoms with Gasteiger partial charge in [-0.25, -0.2) is 4.79 Å². The Bertz CT molecular complexity index is 500. The first kappa shape index (κ1) is 16.0. The van der Waals surface area contributed by atoms with E-state index in [2.05, 4.69) is 5.32 Å². The number of carbonyl (C=O) groups excluding carboxylic acids is 1. The van der Waals surface area contributed by atoms with Crippen molar-refractivity contribution in [1.29, 1.82) is 0 Å². The van der Waals surface area contributed by atoms with E-state index in [4.69, 9.17) is 5.11 Å². The molecule has 2 amide bonds. The van der Waals surface area contributed by atoms with Gasteiger partial charge in [-0.05, 0) is 51.0 Å². The quantitative estimate of drug-likeness (QED) is 0.869. The topological polar surface area (TPSA) is 69.6 Å².